The number of hydrogen-bond acceptors (Lipinski definition) is 5. The topological polar surface area (TPSA) is 90.9 Å². The number of rotatable bonds is 1. The lowest BCUT2D eigenvalue weighted by Gasteiger charge is -2.05. The van der Waals surface area contributed by atoms with Crippen LogP contribution in [-0.2, 0) is 0 Å². The fraction of sp³-hybridized carbons (Fsp3) is 0. The van der Waals surface area contributed by atoms with Gasteiger partial charge in [0.2, 0.25) is 11.2 Å². The molecule has 0 spiro atoms. The van der Waals surface area contributed by atoms with Crippen LogP contribution in [0.4, 0.5) is 0 Å². The molecule has 20 heavy (non-hydrogen) atoms. The maximum absolute atomic E-state index is 12.4. The molecule has 0 radical (unpaired) electrons. The van der Waals surface area contributed by atoms with Crippen molar-refractivity contribution in [2.45, 2.75) is 0 Å². The van der Waals surface area contributed by atoms with Gasteiger partial charge in [-0.15, -0.1) is 0 Å². The molecule has 5 heteroatoms. The Morgan fingerprint density at radius 1 is 1.00 bits per heavy atom. The molecule has 0 amide bonds. The highest BCUT2D eigenvalue weighted by molar-refractivity contribution is 5.87. The molecule has 0 saturated carbocycles. The molecule has 3 aromatic rings. The second kappa shape index (κ2) is 4.31. The van der Waals surface area contributed by atoms with Crippen molar-refractivity contribution in [3.05, 3.63) is 52.9 Å². The molecule has 0 unspecified atom stereocenters. The van der Waals surface area contributed by atoms with E-state index >= 15 is 0 Å². The highest BCUT2D eigenvalue weighted by atomic mass is 16.4. The van der Waals surface area contributed by atoms with E-state index in [0.29, 0.717) is 5.56 Å². The lowest BCUT2D eigenvalue weighted by atomic mass is 10.1. The molecule has 0 atom stereocenters. The van der Waals surface area contributed by atoms with Crippen LogP contribution in [0.5, 0.6) is 17.2 Å². The Kier molecular flexibility index (Phi) is 2.61. The minimum atomic E-state index is -0.470. The van der Waals surface area contributed by atoms with Crippen LogP contribution >= 0.6 is 0 Å². The number of phenols is 3. The molecule has 100 valence electrons. The number of benzene rings is 2. The summed E-state index contributed by atoms with van der Waals surface area (Å²) in [7, 11) is 0. The number of hydrogen-bond donors (Lipinski definition) is 3. The number of fused-ring (bicyclic) bond motifs is 1. The van der Waals surface area contributed by atoms with Crippen LogP contribution in [0.2, 0.25) is 0 Å². The van der Waals surface area contributed by atoms with Gasteiger partial charge in [-0.3, -0.25) is 4.79 Å². The van der Waals surface area contributed by atoms with Crippen molar-refractivity contribution in [1.82, 2.24) is 0 Å². The highest BCUT2D eigenvalue weighted by Gasteiger charge is 2.14. The van der Waals surface area contributed by atoms with E-state index in [-0.39, 0.29) is 33.5 Å². The first-order valence-electron chi connectivity index (χ1n) is 5.84. The summed E-state index contributed by atoms with van der Waals surface area (Å²) in [6.07, 6.45) is 1.19. The van der Waals surface area contributed by atoms with Gasteiger partial charge in [0.25, 0.3) is 0 Å². The van der Waals surface area contributed by atoms with Gasteiger partial charge >= 0.3 is 0 Å². The van der Waals surface area contributed by atoms with Gasteiger partial charge in [0.15, 0.2) is 11.3 Å². The monoisotopic (exact) mass is 270 g/mol. The van der Waals surface area contributed by atoms with Crippen molar-refractivity contribution in [3.8, 4) is 28.4 Å². The van der Waals surface area contributed by atoms with Gasteiger partial charge < -0.3 is 19.7 Å². The van der Waals surface area contributed by atoms with Crippen LogP contribution in [0, 0.1) is 0 Å². The SMILES string of the molecule is O=c1c(-c2cccc(O)c2)coc2c(O)c(O)ccc12. The molecule has 1 aromatic heterocycles. The molecule has 0 aliphatic heterocycles. The zero-order valence-corrected chi connectivity index (χ0v) is 10.2. The van der Waals surface area contributed by atoms with Gasteiger partial charge in [-0.2, -0.15) is 0 Å². The van der Waals surface area contributed by atoms with Gasteiger partial charge in [0, 0.05) is 0 Å². The Morgan fingerprint density at radius 3 is 2.55 bits per heavy atom. The van der Waals surface area contributed by atoms with Crippen molar-refractivity contribution in [3.63, 3.8) is 0 Å². The van der Waals surface area contributed by atoms with Crippen molar-refractivity contribution in [2.75, 3.05) is 0 Å². The summed E-state index contributed by atoms with van der Waals surface area (Å²) in [5.74, 6) is -0.789. The largest absolute Gasteiger partial charge is 0.508 e. The van der Waals surface area contributed by atoms with Crippen molar-refractivity contribution in [2.24, 2.45) is 0 Å². The molecule has 3 rings (SSSR count). The number of phenolic OH excluding ortho intramolecular Hbond substituents is 3. The van der Waals surface area contributed by atoms with E-state index in [0.717, 1.165) is 0 Å². The Labute approximate surface area is 113 Å². The van der Waals surface area contributed by atoms with Gasteiger partial charge in [-0.1, -0.05) is 12.1 Å². The average Bonchev–Trinajstić information content (AvgIpc) is 2.43. The minimum Gasteiger partial charge on any atom is -0.508 e. The van der Waals surface area contributed by atoms with Crippen LogP contribution in [0.15, 0.2) is 51.9 Å². The third-order valence-electron chi connectivity index (χ3n) is 3.05. The molecule has 0 fully saturated rings. The van der Waals surface area contributed by atoms with Gasteiger partial charge in [0.05, 0.1) is 10.9 Å². The summed E-state index contributed by atoms with van der Waals surface area (Å²) in [6.45, 7) is 0. The predicted octanol–water partition coefficient (Wildman–Crippen LogP) is 2.58. The van der Waals surface area contributed by atoms with Gasteiger partial charge in [-0.25, -0.2) is 0 Å². The highest BCUT2D eigenvalue weighted by Crippen LogP contribution is 2.33. The summed E-state index contributed by atoms with van der Waals surface area (Å²) in [5.41, 5.74) is 0.345. The zero-order valence-electron chi connectivity index (χ0n) is 10.2. The predicted molar refractivity (Wildman–Crippen MR) is 72.9 cm³/mol. The normalized spacial score (nSPS) is 10.8. The van der Waals surface area contributed by atoms with E-state index in [1.807, 2.05) is 0 Å². The van der Waals surface area contributed by atoms with Crippen LogP contribution < -0.4 is 5.43 Å². The average molecular weight is 270 g/mol. The smallest absolute Gasteiger partial charge is 0.201 e. The molecule has 2 aromatic carbocycles. The van der Waals surface area contributed by atoms with E-state index in [9.17, 15) is 20.1 Å². The third-order valence-corrected chi connectivity index (χ3v) is 3.05. The summed E-state index contributed by atoms with van der Waals surface area (Å²) in [6, 6.07) is 8.82. The van der Waals surface area contributed by atoms with Crippen LogP contribution in [0.1, 0.15) is 0 Å². The summed E-state index contributed by atoms with van der Waals surface area (Å²) >= 11 is 0. The van der Waals surface area contributed by atoms with Crippen molar-refractivity contribution >= 4 is 11.0 Å². The minimum absolute atomic E-state index is 0.0375. The second-order valence-corrected chi connectivity index (χ2v) is 4.34. The lowest BCUT2D eigenvalue weighted by molar-refractivity contribution is 0.399. The van der Waals surface area contributed by atoms with Gasteiger partial charge in [-0.05, 0) is 29.8 Å². The molecule has 0 aliphatic rings. The fourth-order valence-corrected chi connectivity index (χ4v) is 2.05. The van der Waals surface area contributed by atoms with E-state index in [4.69, 9.17) is 4.42 Å². The fourth-order valence-electron chi connectivity index (χ4n) is 2.05. The second-order valence-electron chi connectivity index (χ2n) is 4.34. The van der Waals surface area contributed by atoms with Crippen LogP contribution in [0.25, 0.3) is 22.1 Å². The van der Waals surface area contributed by atoms with E-state index in [1.54, 1.807) is 12.1 Å². The number of aromatic hydroxyl groups is 3. The maximum atomic E-state index is 12.4. The molecule has 0 bridgehead atoms. The van der Waals surface area contributed by atoms with Crippen molar-refractivity contribution < 1.29 is 19.7 Å². The van der Waals surface area contributed by atoms with Crippen molar-refractivity contribution in [1.29, 1.82) is 0 Å². The summed E-state index contributed by atoms with van der Waals surface area (Å²) in [5, 5.41) is 28.7. The molecule has 1 heterocycles. The molecular weight excluding hydrogens is 260 g/mol. The van der Waals surface area contributed by atoms with E-state index in [2.05, 4.69) is 0 Å². The van der Waals surface area contributed by atoms with E-state index in [1.165, 1.54) is 30.5 Å². The molecule has 5 nitrogen and oxygen atoms in total. The summed E-state index contributed by atoms with van der Waals surface area (Å²) < 4.78 is 5.24. The Bertz CT molecular complexity index is 864. The van der Waals surface area contributed by atoms with Crippen LogP contribution in [0.3, 0.4) is 0 Å². The molecule has 3 N–H and O–H groups in total. The third kappa shape index (κ3) is 1.76. The van der Waals surface area contributed by atoms with E-state index < -0.39 is 5.75 Å². The quantitative estimate of drug-likeness (QED) is 0.591. The Morgan fingerprint density at radius 2 is 1.80 bits per heavy atom. The molecule has 0 saturated heterocycles. The maximum Gasteiger partial charge on any atom is 0.201 e. The van der Waals surface area contributed by atoms with Crippen LogP contribution in [-0.4, -0.2) is 15.3 Å². The molecule has 0 aliphatic carbocycles. The first-order valence-corrected chi connectivity index (χ1v) is 5.84. The molecular formula is C15H10O5. The first-order chi connectivity index (χ1) is 9.58. The zero-order chi connectivity index (χ0) is 14.3. The first kappa shape index (κ1) is 12.1. The Balaban J connectivity index is 2.33. The Hall–Kier alpha value is -2.95. The standard InChI is InChI=1S/C15H10O5/c16-9-3-1-2-8(6-9)11-7-20-15-10(13(11)18)4-5-12(17)14(15)19/h1-7,16-17,19H. The van der Waals surface area contributed by atoms with Gasteiger partial charge in [0.1, 0.15) is 12.0 Å². The lowest BCUT2D eigenvalue weighted by Crippen LogP contribution is -2.04. The summed E-state index contributed by atoms with van der Waals surface area (Å²) in [4.78, 5) is 12.4.